The van der Waals surface area contributed by atoms with E-state index in [9.17, 15) is 8.42 Å². The van der Waals surface area contributed by atoms with Gasteiger partial charge < -0.3 is 5.73 Å². The maximum Gasteiger partial charge on any atom is 0.215 e. The van der Waals surface area contributed by atoms with Gasteiger partial charge in [-0.25, -0.2) is 12.7 Å². The lowest BCUT2D eigenvalue weighted by Crippen LogP contribution is -2.47. The zero-order chi connectivity index (χ0) is 10.8. The summed E-state index contributed by atoms with van der Waals surface area (Å²) in [5, 5.41) is 0. The van der Waals surface area contributed by atoms with E-state index in [-0.39, 0.29) is 17.7 Å². The number of hydrogen-bond donors (Lipinski definition) is 1. The van der Waals surface area contributed by atoms with Crippen LogP contribution >= 0.6 is 0 Å². The molecule has 1 saturated heterocycles. The van der Waals surface area contributed by atoms with Crippen LogP contribution in [-0.2, 0) is 10.0 Å². The van der Waals surface area contributed by atoms with E-state index in [0.717, 1.165) is 12.8 Å². The quantitative estimate of drug-likeness (QED) is 0.729. The average Bonchev–Trinajstić information content (AvgIpc) is 1.97. The summed E-state index contributed by atoms with van der Waals surface area (Å²) in [5.41, 5.74) is 5.82. The molecule has 0 spiro atoms. The van der Waals surface area contributed by atoms with E-state index in [2.05, 4.69) is 0 Å². The predicted molar refractivity (Wildman–Crippen MR) is 57.4 cm³/mol. The zero-order valence-electron chi connectivity index (χ0n) is 8.94. The molecule has 0 aromatic carbocycles. The Morgan fingerprint density at radius 3 is 2.36 bits per heavy atom. The summed E-state index contributed by atoms with van der Waals surface area (Å²) in [7, 11) is -3.07. The molecule has 0 bridgehead atoms. The van der Waals surface area contributed by atoms with Gasteiger partial charge in [-0.3, -0.25) is 0 Å². The number of hydrogen-bond acceptors (Lipinski definition) is 3. The van der Waals surface area contributed by atoms with Gasteiger partial charge >= 0.3 is 0 Å². The molecule has 1 heterocycles. The summed E-state index contributed by atoms with van der Waals surface area (Å²) in [6, 6.07) is -0.231. The molecule has 4 nitrogen and oxygen atoms in total. The third-order valence-corrected chi connectivity index (χ3v) is 4.94. The molecule has 1 aliphatic rings. The second-order valence-electron chi connectivity index (χ2n) is 4.08. The molecule has 1 aliphatic heterocycles. The summed E-state index contributed by atoms with van der Waals surface area (Å²) in [6.45, 7) is 5.38. The molecule has 5 heteroatoms. The van der Waals surface area contributed by atoms with Crippen molar-refractivity contribution in [3.63, 3.8) is 0 Å². The molecule has 0 amide bonds. The summed E-state index contributed by atoms with van der Waals surface area (Å²) in [4.78, 5) is 0. The van der Waals surface area contributed by atoms with Gasteiger partial charge in [0.25, 0.3) is 0 Å². The van der Waals surface area contributed by atoms with Gasteiger partial charge in [-0.05, 0) is 12.3 Å². The molecule has 0 saturated carbocycles. The highest BCUT2D eigenvalue weighted by Crippen LogP contribution is 2.16. The van der Waals surface area contributed by atoms with E-state index in [1.54, 1.807) is 0 Å². The largest absolute Gasteiger partial charge is 0.326 e. The first-order valence-electron chi connectivity index (χ1n) is 5.20. The Labute approximate surface area is 86.5 Å². The molecule has 1 fully saturated rings. The van der Waals surface area contributed by atoms with Crippen molar-refractivity contribution >= 4 is 10.0 Å². The van der Waals surface area contributed by atoms with Crippen LogP contribution in [0, 0.1) is 5.92 Å². The van der Waals surface area contributed by atoms with E-state index in [4.69, 9.17) is 5.73 Å². The summed E-state index contributed by atoms with van der Waals surface area (Å²) < 4.78 is 24.9. The number of nitrogens with zero attached hydrogens (tertiary/aromatic N) is 1. The van der Waals surface area contributed by atoms with E-state index >= 15 is 0 Å². The maximum atomic E-state index is 11.7. The van der Waals surface area contributed by atoms with Crippen LogP contribution in [0.5, 0.6) is 0 Å². The van der Waals surface area contributed by atoms with Gasteiger partial charge in [-0.1, -0.05) is 20.3 Å². The molecule has 2 atom stereocenters. The Morgan fingerprint density at radius 2 is 2.00 bits per heavy atom. The van der Waals surface area contributed by atoms with Crippen molar-refractivity contribution in [2.24, 2.45) is 11.7 Å². The topological polar surface area (TPSA) is 63.4 Å². The third kappa shape index (κ3) is 2.68. The molecule has 1 rings (SSSR count). The van der Waals surface area contributed by atoms with Crippen LogP contribution < -0.4 is 5.73 Å². The first-order valence-corrected chi connectivity index (χ1v) is 6.81. The fraction of sp³-hybridized carbons (Fsp3) is 1.00. The van der Waals surface area contributed by atoms with Crippen LogP contribution in [0.4, 0.5) is 0 Å². The number of sulfonamides is 1. The Hall–Kier alpha value is -0.130. The highest BCUT2D eigenvalue weighted by Gasteiger charge is 2.30. The minimum atomic E-state index is -3.07. The molecule has 84 valence electrons. The lowest BCUT2D eigenvalue weighted by Gasteiger charge is -2.31. The van der Waals surface area contributed by atoms with Gasteiger partial charge in [-0.2, -0.15) is 0 Å². The molecule has 0 radical (unpaired) electrons. The molecular formula is C9H20N2O2S. The van der Waals surface area contributed by atoms with Crippen molar-refractivity contribution in [3.8, 4) is 0 Å². The van der Waals surface area contributed by atoms with Crippen LogP contribution in [0.2, 0.25) is 0 Å². The van der Waals surface area contributed by atoms with Crippen LogP contribution in [-0.4, -0.2) is 37.6 Å². The third-order valence-electron chi connectivity index (χ3n) is 2.99. The Bertz CT molecular complexity index is 273. The zero-order valence-corrected chi connectivity index (χ0v) is 9.76. The van der Waals surface area contributed by atoms with Crippen LogP contribution in [0.1, 0.15) is 26.7 Å². The second-order valence-corrected chi connectivity index (χ2v) is 6.09. The molecule has 14 heavy (non-hydrogen) atoms. The highest BCUT2D eigenvalue weighted by atomic mass is 32.2. The average molecular weight is 220 g/mol. The van der Waals surface area contributed by atoms with Crippen molar-refractivity contribution in [2.45, 2.75) is 32.7 Å². The van der Waals surface area contributed by atoms with Gasteiger partial charge in [-0.15, -0.1) is 0 Å². The van der Waals surface area contributed by atoms with Crippen molar-refractivity contribution in [1.82, 2.24) is 4.31 Å². The lowest BCUT2D eigenvalue weighted by molar-refractivity contribution is 0.306. The van der Waals surface area contributed by atoms with Crippen LogP contribution in [0.3, 0.4) is 0 Å². The highest BCUT2D eigenvalue weighted by molar-refractivity contribution is 7.89. The van der Waals surface area contributed by atoms with Gasteiger partial charge in [0.05, 0.1) is 5.75 Å². The summed E-state index contributed by atoms with van der Waals surface area (Å²) in [6.07, 6.45) is 1.91. The van der Waals surface area contributed by atoms with E-state index in [1.807, 2.05) is 13.8 Å². The Balaban J connectivity index is 2.49. The first-order chi connectivity index (χ1) is 6.47. The Kier molecular flexibility index (Phi) is 3.92. The number of rotatable bonds is 5. The molecule has 0 aliphatic carbocycles. The molecule has 2 unspecified atom stereocenters. The van der Waals surface area contributed by atoms with E-state index in [0.29, 0.717) is 13.1 Å². The van der Waals surface area contributed by atoms with Crippen LogP contribution in [0.25, 0.3) is 0 Å². The smallest absolute Gasteiger partial charge is 0.215 e. The van der Waals surface area contributed by atoms with Crippen molar-refractivity contribution in [2.75, 3.05) is 18.8 Å². The van der Waals surface area contributed by atoms with Gasteiger partial charge in [0.2, 0.25) is 10.0 Å². The fourth-order valence-corrected chi connectivity index (χ4v) is 3.22. The summed E-state index contributed by atoms with van der Waals surface area (Å²) in [5.74, 6) is 0.369. The first kappa shape index (κ1) is 11.9. The molecule has 0 aromatic rings. The SMILES string of the molecule is CCC(C)C(N)CS(=O)(=O)N1CCC1. The number of nitrogens with two attached hydrogens (primary N) is 1. The van der Waals surface area contributed by atoms with Gasteiger partial charge in [0, 0.05) is 19.1 Å². The summed E-state index contributed by atoms with van der Waals surface area (Å²) >= 11 is 0. The minimum Gasteiger partial charge on any atom is -0.326 e. The molecule has 2 N–H and O–H groups in total. The molecular weight excluding hydrogens is 200 g/mol. The van der Waals surface area contributed by atoms with Gasteiger partial charge in [0.1, 0.15) is 0 Å². The standard InChI is InChI=1S/C9H20N2O2S/c1-3-8(2)9(10)7-14(12,13)11-5-4-6-11/h8-9H,3-7,10H2,1-2H3. The minimum absolute atomic E-state index is 0.0992. The predicted octanol–water partition coefficient (Wildman–Crippen LogP) is 0.395. The lowest BCUT2D eigenvalue weighted by atomic mass is 10.0. The fourth-order valence-electron chi connectivity index (χ4n) is 1.38. The van der Waals surface area contributed by atoms with E-state index in [1.165, 1.54) is 4.31 Å². The van der Waals surface area contributed by atoms with Crippen LogP contribution in [0.15, 0.2) is 0 Å². The maximum absolute atomic E-state index is 11.7. The van der Waals surface area contributed by atoms with Crippen molar-refractivity contribution < 1.29 is 8.42 Å². The normalized spacial score (nSPS) is 22.8. The second kappa shape index (κ2) is 4.59. The van der Waals surface area contributed by atoms with Crippen molar-refractivity contribution in [1.29, 1.82) is 0 Å². The van der Waals surface area contributed by atoms with Crippen molar-refractivity contribution in [3.05, 3.63) is 0 Å². The Morgan fingerprint density at radius 1 is 1.43 bits per heavy atom. The monoisotopic (exact) mass is 220 g/mol. The van der Waals surface area contributed by atoms with Gasteiger partial charge in [0.15, 0.2) is 0 Å². The van der Waals surface area contributed by atoms with E-state index < -0.39 is 10.0 Å². The molecule has 0 aromatic heterocycles.